The largest absolute Gasteiger partial charge is 0.352 e. The molecular formula is C17H25ClN4O. The van der Waals surface area contributed by atoms with Gasteiger partial charge in [0.15, 0.2) is 0 Å². The van der Waals surface area contributed by atoms with Crippen molar-refractivity contribution in [1.82, 2.24) is 15.1 Å². The molecule has 2 aromatic rings. The number of amides is 1. The molecule has 1 amide bonds. The van der Waals surface area contributed by atoms with Crippen molar-refractivity contribution in [3.63, 3.8) is 0 Å². The topological polar surface area (TPSA) is 72.9 Å². The van der Waals surface area contributed by atoms with Gasteiger partial charge in [0.1, 0.15) is 0 Å². The Morgan fingerprint density at radius 2 is 2.04 bits per heavy atom. The Morgan fingerprint density at radius 3 is 2.65 bits per heavy atom. The van der Waals surface area contributed by atoms with Crippen LogP contribution in [-0.4, -0.2) is 28.3 Å². The zero-order valence-corrected chi connectivity index (χ0v) is 14.5. The molecule has 126 valence electrons. The fraction of sp³-hybridized carbons (Fsp3) is 0.412. The van der Waals surface area contributed by atoms with E-state index in [0.717, 1.165) is 18.5 Å². The van der Waals surface area contributed by atoms with Crippen molar-refractivity contribution in [2.75, 3.05) is 6.54 Å². The maximum atomic E-state index is 12.3. The summed E-state index contributed by atoms with van der Waals surface area (Å²) in [5.74, 6) is -0.0724. The van der Waals surface area contributed by atoms with Crippen molar-refractivity contribution in [2.45, 2.75) is 39.3 Å². The summed E-state index contributed by atoms with van der Waals surface area (Å²) in [6.45, 7) is 5.24. The molecule has 5 nitrogen and oxygen atoms in total. The Morgan fingerprint density at radius 1 is 1.35 bits per heavy atom. The van der Waals surface area contributed by atoms with Crippen molar-refractivity contribution in [1.29, 1.82) is 0 Å². The van der Waals surface area contributed by atoms with E-state index in [1.54, 1.807) is 6.20 Å². The number of hydrogen-bond acceptors (Lipinski definition) is 3. The van der Waals surface area contributed by atoms with Gasteiger partial charge in [-0.2, -0.15) is 5.10 Å². The average molecular weight is 337 g/mol. The molecule has 3 N–H and O–H groups in total. The van der Waals surface area contributed by atoms with Crippen LogP contribution in [0.25, 0.3) is 0 Å². The Labute approximate surface area is 143 Å². The molecule has 0 saturated carbocycles. The normalized spacial score (nSPS) is 11.6. The third-order valence-corrected chi connectivity index (χ3v) is 3.59. The van der Waals surface area contributed by atoms with Crippen LogP contribution in [0.4, 0.5) is 0 Å². The average Bonchev–Trinajstić information content (AvgIpc) is 2.90. The molecule has 1 heterocycles. The van der Waals surface area contributed by atoms with Gasteiger partial charge in [-0.1, -0.05) is 37.3 Å². The van der Waals surface area contributed by atoms with E-state index in [1.807, 2.05) is 36.7 Å². The number of halogens is 1. The van der Waals surface area contributed by atoms with Crippen LogP contribution in [-0.2, 0) is 13.0 Å². The van der Waals surface area contributed by atoms with Gasteiger partial charge >= 0.3 is 0 Å². The number of hydrogen-bond donors (Lipinski definition) is 2. The maximum Gasteiger partial charge on any atom is 0.254 e. The Kier molecular flexibility index (Phi) is 7.78. The highest BCUT2D eigenvalue weighted by atomic mass is 35.5. The van der Waals surface area contributed by atoms with Crippen molar-refractivity contribution in [2.24, 2.45) is 5.73 Å². The lowest BCUT2D eigenvalue weighted by atomic mass is 10.1. The number of nitrogens with two attached hydrogens (primary N) is 1. The molecule has 0 aliphatic rings. The summed E-state index contributed by atoms with van der Waals surface area (Å²) in [6.07, 6.45) is 3.19. The zero-order valence-electron chi connectivity index (χ0n) is 13.7. The molecule has 0 saturated heterocycles. The first kappa shape index (κ1) is 19.2. The highest BCUT2D eigenvalue weighted by Gasteiger charge is 2.16. The fourth-order valence-electron chi connectivity index (χ4n) is 2.37. The molecule has 0 aliphatic heterocycles. The van der Waals surface area contributed by atoms with Gasteiger partial charge in [-0.25, -0.2) is 0 Å². The van der Waals surface area contributed by atoms with Gasteiger partial charge in [-0.3, -0.25) is 9.48 Å². The Hall–Kier alpha value is -1.85. The molecule has 1 atom stereocenters. The third-order valence-electron chi connectivity index (χ3n) is 3.59. The molecule has 6 heteroatoms. The molecule has 23 heavy (non-hydrogen) atoms. The van der Waals surface area contributed by atoms with Crippen LogP contribution in [0.5, 0.6) is 0 Å². The van der Waals surface area contributed by atoms with Gasteiger partial charge in [0.05, 0.1) is 24.0 Å². The van der Waals surface area contributed by atoms with Crippen LogP contribution in [0, 0.1) is 0 Å². The number of carbonyl (C=O) groups is 1. The maximum absolute atomic E-state index is 12.3. The zero-order chi connectivity index (χ0) is 15.9. The highest BCUT2D eigenvalue weighted by Crippen LogP contribution is 2.12. The van der Waals surface area contributed by atoms with E-state index in [4.69, 9.17) is 5.73 Å². The summed E-state index contributed by atoms with van der Waals surface area (Å²) >= 11 is 0. The second kappa shape index (κ2) is 9.33. The fourth-order valence-corrected chi connectivity index (χ4v) is 2.37. The molecule has 2 rings (SSSR count). The SMILES string of the molecule is CCc1c(C(=O)NCCC(C)N)cnn1Cc1ccccc1.Cl. The smallest absolute Gasteiger partial charge is 0.254 e. The van der Waals surface area contributed by atoms with Crippen LogP contribution in [0.2, 0.25) is 0 Å². The van der Waals surface area contributed by atoms with Gasteiger partial charge in [0.25, 0.3) is 5.91 Å². The van der Waals surface area contributed by atoms with Crippen LogP contribution >= 0.6 is 12.4 Å². The first-order valence-corrected chi connectivity index (χ1v) is 7.74. The highest BCUT2D eigenvalue weighted by molar-refractivity contribution is 5.95. The Bertz CT molecular complexity index is 610. The van der Waals surface area contributed by atoms with Crippen LogP contribution < -0.4 is 11.1 Å². The first-order valence-electron chi connectivity index (χ1n) is 7.74. The number of nitrogens with zero attached hydrogens (tertiary/aromatic N) is 2. The van der Waals surface area contributed by atoms with Crippen molar-refractivity contribution >= 4 is 18.3 Å². The van der Waals surface area contributed by atoms with E-state index in [0.29, 0.717) is 18.7 Å². The molecule has 0 bridgehead atoms. The number of benzene rings is 1. The van der Waals surface area contributed by atoms with Crippen molar-refractivity contribution in [3.05, 3.63) is 53.3 Å². The quantitative estimate of drug-likeness (QED) is 0.815. The van der Waals surface area contributed by atoms with E-state index >= 15 is 0 Å². The van der Waals surface area contributed by atoms with E-state index in [9.17, 15) is 4.79 Å². The van der Waals surface area contributed by atoms with Gasteiger partial charge in [0, 0.05) is 12.6 Å². The number of nitrogens with one attached hydrogen (secondary N) is 1. The molecular weight excluding hydrogens is 312 g/mol. The Balaban J connectivity index is 0.00000264. The lowest BCUT2D eigenvalue weighted by molar-refractivity contribution is 0.0951. The van der Waals surface area contributed by atoms with Crippen LogP contribution in [0.3, 0.4) is 0 Å². The summed E-state index contributed by atoms with van der Waals surface area (Å²) in [5.41, 5.74) is 8.48. The standard InChI is InChI=1S/C17H24N4O.ClH/c1-3-16-15(17(22)19-10-9-13(2)18)11-20-21(16)12-14-7-5-4-6-8-14;/h4-8,11,13H,3,9-10,12,18H2,1-2H3,(H,19,22);1H. The van der Waals surface area contributed by atoms with E-state index in [-0.39, 0.29) is 24.4 Å². The molecule has 0 aliphatic carbocycles. The van der Waals surface area contributed by atoms with E-state index in [1.165, 1.54) is 5.56 Å². The van der Waals surface area contributed by atoms with Gasteiger partial charge in [-0.15, -0.1) is 12.4 Å². The molecule has 0 radical (unpaired) electrons. The predicted molar refractivity (Wildman–Crippen MR) is 95.0 cm³/mol. The van der Waals surface area contributed by atoms with Crippen molar-refractivity contribution < 1.29 is 4.79 Å². The third kappa shape index (κ3) is 5.37. The number of rotatable bonds is 7. The van der Waals surface area contributed by atoms with E-state index < -0.39 is 0 Å². The predicted octanol–water partition coefficient (Wildman–Crippen LogP) is 2.38. The van der Waals surface area contributed by atoms with Crippen molar-refractivity contribution in [3.8, 4) is 0 Å². The minimum Gasteiger partial charge on any atom is -0.352 e. The molecule has 0 spiro atoms. The minimum atomic E-state index is -0.0724. The molecule has 1 aromatic carbocycles. The first-order chi connectivity index (χ1) is 10.6. The summed E-state index contributed by atoms with van der Waals surface area (Å²) in [7, 11) is 0. The number of carbonyl (C=O) groups excluding carboxylic acids is 1. The minimum absolute atomic E-state index is 0. The molecule has 1 unspecified atom stereocenters. The lowest BCUT2D eigenvalue weighted by Gasteiger charge is -2.09. The summed E-state index contributed by atoms with van der Waals surface area (Å²) in [4.78, 5) is 12.3. The molecule has 1 aromatic heterocycles. The number of aromatic nitrogens is 2. The molecule has 0 fully saturated rings. The van der Waals surface area contributed by atoms with Gasteiger partial charge in [-0.05, 0) is 25.3 Å². The lowest BCUT2D eigenvalue weighted by Crippen LogP contribution is -2.29. The van der Waals surface area contributed by atoms with E-state index in [2.05, 4.69) is 22.5 Å². The monoisotopic (exact) mass is 336 g/mol. The summed E-state index contributed by atoms with van der Waals surface area (Å²) < 4.78 is 1.90. The van der Waals surface area contributed by atoms with Gasteiger partial charge in [0.2, 0.25) is 0 Å². The summed E-state index contributed by atoms with van der Waals surface area (Å²) in [6, 6.07) is 10.2. The second-order valence-corrected chi connectivity index (χ2v) is 5.52. The van der Waals surface area contributed by atoms with Crippen LogP contribution in [0.1, 0.15) is 41.9 Å². The second-order valence-electron chi connectivity index (χ2n) is 5.52. The summed E-state index contributed by atoms with van der Waals surface area (Å²) in [5, 5.41) is 7.29. The van der Waals surface area contributed by atoms with Gasteiger partial charge < -0.3 is 11.1 Å². The van der Waals surface area contributed by atoms with Crippen LogP contribution in [0.15, 0.2) is 36.5 Å².